The quantitative estimate of drug-likeness (QED) is 0.760. The Morgan fingerprint density at radius 1 is 1.25 bits per heavy atom. The van der Waals surface area contributed by atoms with Crippen molar-refractivity contribution >= 4 is 17.6 Å². The molecule has 2 rings (SSSR count). The third kappa shape index (κ3) is 5.94. The third-order valence-electron chi connectivity index (χ3n) is 4.53. The minimum Gasteiger partial charge on any atom is -0.480 e. The van der Waals surface area contributed by atoms with Gasteiger partial charge in [-0.05, 0) is 44.6 Å². The normalized spacial score (nSPS) is 16.2. The van der Waals surface area contributed by atoms with Crippen LogP contribution in [0.25, 0.3) is 0 Å². The Bertz CT molecular complexity index is 528. The van der Waals surface area contributed by atoms with Crippen LogP contribution in [-0.4, -0.2) is 65.5 Å². The number of hydrogen-bond donors (Lipinski definition) is 2. The number of benzene rings is 1. The SMILES string of the molecule is CCN(CC(=O)O)C1CCN(CCC(=O)Nc2ccccc2)CC1. The van der Waals surface area contributed by atoms with Gasteiger partial charge in [-0.1, -0.05) is 25.1 Å². The van der Waals surface area contributed by atoms with Gasteiger partial charge in [-0.3, -0.25) is 14.5 Å². The fraction of sp³-hybridized carbons (Fsp3) is 0.556. The summed E-state index contributed by atoms with van der Waals surface area (Å²) in [5.74, 6) is -0.735. The average molecular weight is 333 g/mol. The van der Waals surface area contributed by atoms with Crippen molar-refractivity contribution in [3.8, 4) is 0 Å². The number of carbonyl (C=O) groups excluding carboxylic acids is 1. The lowest BCUT2D eigenvalue weighted by atomic mass is 10.0. The molecule has 0 spiro atoms. The Morgan fingerprint density at radius 3 is 2.50 bits per heavy atom. The molecule has 6 nitrogen and oxygen atoms in total. The summed E-state index contributed by atoms with van der Waals surface area (Å²) in [5, 5.41) is 11.9. The molecule has 1 amide bonds. The van der Waals surface area contributed by atoms with E-state index in [2.05, 4.69) is 10.2 Å². The van der Waals surface area contributed by atoms with Gasteiger partial charge in [0.05, 0.1) is 6.54 Å². The fourth-order valence-corrected chi connectivity index (χ4v) is 3.19. The predicted molar refractivity (Wildman–Crippen MR) is 94.0 cm³/mol. The summed E-state index contributed by atoms with van der Waals surface area (Å²) in [6, 6.07) is 9.81. The standard InChI is InChI=1S/C18H27N3O3/c1-2-21(14-18(23)24)16-8-11-20(12-9-16)13-10-17(22)19-15-6-4-3-5-7-15/h3-7,16H,2,8-14H2,1H3,(H,19,22)(H,23,24). The molecular formula is C18H27N3O3. The minimum absolute atomic E-state index is 0.0318. The molecular weight excluding hydrogens is 306 g/mol. The molecule has 1 heterocycles. The second kappa shape index (κ2) is 9.39. The first-order valence-corrected chi connectivity index (χ1v) is 8.61. The molecule has 0 bridgehead atoms. The maximum atomic E-state index is 12.0. The van der Waals surface area contributed by atoms with Gasteiger partial charge >= 0.3 is 5.97 Å². The summed E-state index contributed by atoms with van der Waals surface area (Å²) in [6.45, 7) is 5.45. The molecule has 1 saturated heterocycles. The number of amides is 1. The molecule has 2 N–H and O–H groups in total. The van der Waals surface area contributed by atoms with Crippen LogP contribution >= 0.6 is 0 Å². The van der Waals surface area contributed by atoms with Crippen LogP contribution in [0.15, 0.2) is 30.3 Å². The molecule has 1 aliphatic rings. The van der Waals surface area contributed by atoms with Gasteiger partial charge in [-0.2, -0.15) is 0 Å². The van der Waals surface area contributed by atoms with Crippen LogP contribution in [0, 0.1) is 0 Å². The Hall–Kier alpha value is -1.92. The van der Waals surface area contributed by atoms with Gasteiger partial charge < -0.3 is 15.3 Å². The van der Waals surface area contributed by atoms with Crippen molar-refractivity contribution in [2.75, 3.05) is 38.0 Å². The first-order chi connectivity index (χ1) is 11.6. The Kier molecular flexibility index (Phi) is 7.21. The number of para-hydroxylation sites is 1. The van der Waals surface area contributed by atoms with Crippen LogP contribution in [0.3, 0.4) is 0 Å². The van der Waals surface area contributed by atoms with Gasteiger partial charge in [-0.15, -0.1) is 0 Å². The number of nitrogens with one attached hydrogen (secondary N) is 1. The van der Waals surface area contributed by atoms with Gasteiger partial charge in [0.1, 0.15) is 0 Å². The number of rotatable bonds is 8. The number of anilines is 1. The van der Waals surface area contributed by atoms with Gasteiger partial charge in [0.15, 0.2) is 0 Å². The van der Waals surface area contributed by atoms with E-state index < -0.39 is 5.97 Å². The Balaban J connectivity index is 1.69. The van der Waals surface area contributed by atoms with Crippen LogP contribution in [-0.2, 0) is 9.59 Å². The number of carboxylic acids is 1. The minimum atomic E-state index is -0.767. The molecule has 1 fully saturated rings. The topological polar surface area (TPSA) is 72.9 Å². The fourth-order valence-electron chi connectivity index (χ4n) is 3.19. The smallest absolute Gasteiger partial charge is 0.317 e. The summed E-state index contributed by atoms with van der Waals surface area (Å²) in [5.41, 5.74) is 0.827. The van der Waals surface area contributed by atoms with E-state index in [0.717, 1.165) is 44.7 Å². The van der Waals surface area contributed by atoms with E-state index in [1.165, 1.54) is 0 Å². The largest absolute Gasteiger partial charge is 0.480 e. The third-order valence-corrected chi connectivity index (χ3v) is 4.53. The zero-order valence-electron chi connectivity index (χ0n) is 14.3. The molecule has 1 aromatic rings. The van der Waals surface area contributed by atoms with Crippen molar-refractivity contribution in [2.24, 2.45) is 0 Å². The van der Waals surface area contributed by atoms with E-state index in [1.54, 1.807) is 0 Å². The molecule has 1 aliphatic heterocycles. The molecule has 0 radical (unpaired) electrons. The number of hydrogen-bond acceptors (Lipinski definition) is 4. The first kappa shape index (κ1) is 18.4. The maximum Gasteiger partial charge on any atom is 0.317 e. The highest BCUT2D eigenvalue weighted by Gasteiger charge is 2.25. The first-order valence-electron chi connectivity index (χ1n) is 8.61. The lowest BCUT2D eigenvalue weighted by molar-refractivity contribution is -0.139. The van der Waals surface area contributed by atoms with Gasteiger partial charge in [0.2, 0.25) is 5.91 Å². The number of likely N-dealkylation sites (N-methyl/N-ethyl adjacent to an activating group) is 1. The van der Waals surface area contributed by atoms with E-state index in [0.29, 0.717) is 12.5 Å². The molecule has 1 aromatic carbocycles. The number of piperidine rings is 1. The van der Waals surface area contributed by atoms with Crippen LogP contribution in [0.2, 0.25) is 0 Å². The molecule has 0 aliphatic carbocycles. The lowest BCUT2D eigenvalue weighted by Gasteiger charge is -2.37. The highest BCUT2D eigenvalue weighted by molar-refractivity contribution is 5.90. The molecule has 0 aromatic heterocycles. The number of likely N-dealkylation sites (tertiary alicyclic amines) is 1. The van der Waals surface area contributed by atoms with Crippen molar-refractivity contribution in [3.63, 3.8) is 0 Å². The average Bonchev–Trinajstić information content (AvgIpc) is 2.59. The van der Waals surface area contributed by atoms with E-state index >= 15 is 0 Å². The van der Waals surface area contributed by atoms with Gasteiger partial charge in [0.25, 0.3) is 0 Å². The molecule has 132 valence electrons. The summed E-state index contributed by atoms with van der Waals surface area (Å²) in [6.07, 6.45) is 2.40. The van der Waals surface area contributed by atoms with Gasteiger partial charge in [0, 0.05) is 24.7 Å². The molecule has 0 atom stereocenters. The second-order valence-corrected chi connectivity index (χ2v) is 6.19. The summed E-state index contributed by atoms with van der Waals surface area (Å²) < 4.78 is 0. The second-order valence-electron chi connectivity index (χ2n) is 6.19. The van der Waals surface area contributed by atoms with Crippen LogP contribution in [0.4, 0.5) is 5.69 Å². The maximum absolute atomic E-state index is 12.0. The van der Waals surface area contributed by atoms with E-state index in [-0.39, 0.29) is 12.5 Å². The van der Waals surface area contributed by atoms with Crippen LogP contribution < -0.4 is 5.32 Å². The Labute approximate surface area is 143 Å². The number of carboxylic acid groups (broad SMARTS) is 1. The van der Waals surface area contributed by atoms with Crippen molar-refractivity contribution in [1.29, 1.82) is 0 Å². The molecule has 0 saturated carbocycles. The van der Waals surface area contributed by atoms with E-state index in [1.807, 2.05) is 42.2 Å². The number of aliphatic carboxylic acids is 1. The molecule has 0 unspecified atom stereocenters. The highest BCUT2D eigenvalue weighted by Crippen LogP contribution is 2.16. The number of carbonyl (C=O) groups is 2. The van der Waals surface area contributed by atoms with Crippen LogP contribution in [0.1, 0.15) is 26.2 Å². The summed E-state index contributed by atoms with van der Waals surface area (Å²) in [7, 11) is 0. The highest BCUT2D eigenvalue weighted by atomic mass is 16.4. The summed E-state index contributed by atoms with van der Waals surface area (Å²) >= 11 is 0. The van der Waals surface area contributed by atoms with E-state index in [4.69, 9.17) is 5.11 Å². The summed E-state index contributed by atoms with van der Waals surface area (Å²) in [4.78, 5) is 27.2. The number of nitrogens with zero attached hydrogens (tertiary/aromatic N) is 2. The van der Waals surface area contributed by atoms with Crippen molar-refractivity contribution < 1.29 is 14.7 Å². The Morgan fingerprint density at radius 2 is 1.92 bits per heavy atom. The zero-order chi connectivity index (χ0) is 17.4. The molecule has 24 heavy (non-hydrogen) atoms. The van der Waals surface area contributed by atoms with Crippen molar-refractivity contribution in [3.05, 3.63) is 30.3 Å². The van der Waals surface area contributed by atoms with E-state index in [9.17, 15) is 9.59 Å². The monoisotopic (exact) mass is 333 g/mol. The van der Waals surface area contributed by atoms with Crippen molar-refractivity contribution in [1.82, 2.24) is 9.80 Å². The van der Waals surface area contributed by atoms with Gasteiger partial charge in [-0.25, -0.2) is 0 Å². The van der Waals surface area contributed by atoms with Crippen molar-refractivity contribution in [2.45, 2.75) is 32.2 Å². The zero-order valence-corrected chi connectivity index (χ0v) is 14.3. The predicted octanol–water partition coefficient (Wildman–Crippen LogP) is 1.89. The van der Waals surface area contributed by atoms with Crippen LogP contribution in [0.5, 0.6) is 0 Å². The lowest BCUT2D eigenvalue weighted by Crippen LogP contribution is -2.47. The molecule has 6 heteroatoms.